The number of fused-ring (bicyclic) bond motifs is 1. The van der Waals surface area contributed by atoms with Gasteiger partial charge in [0.1, 0.15) is 5.69 Å². The van der Waals surface area contributed by atoms with Crippen LogP contribution in [0.4, 0.5) is 18.9 Å². The second-order valence-electron chi connectivity index (χ2n) is 5.90. The average molecular weight is 396 g/mol. The van der Waals surface area contributed by atoms with Gasteiger partial charge in [0.2, 0.25) is 0 Å². The zero-order valence-electron chi connectivity index (χ0n) is 14.2. The van der Waals surface area contributed by atoms with Crippen LogP contribution in [-0.2, 0) is 6.18 Å². The number of anilines is 1. The number of imidazole rings is 1. The van der Waals surface area contributed by atoms with E-state index in [9.17, 15) is 22.8 Å². The Hall–Kier alpha value is -2.87. The Balaban J connectivity index is 2.02. The highest BCUT2D eigenvalue weighted by molar-refractivity contribution is 6.33. The van der Waals surface area contributed by atoms with Gasteiger partial charge in [-0.25, -0.2) is 4.98 Å². The Morgan fingerprint density at radius 3 is 2.37 bits per heavy atom. The van der Waals surface area contributed by atoms with Crippen molar-refractivity contribution in [3.05, 3.63) is 64.1 Å². The number of carbonyl (C=O) groups is 2. The van der Waals surface area contributed by atoms with Crippen molar-refractivity contribution in [3.8, 4) is 0 Å². The molecule has 2 heterocycles. The smallest absolute Gasteiger partial charge is 0.321 e. The van der Waals surface area contributed by atoms with Gasteiger partial charge in [-0.15, -0.1) is 0 Å². The molecule has 0 aliphatic heterocycles. The molecule has 9 heteroatoms. The molecule has 0 spiro atoms. The van der Waals surface area contributed by atoms with Gasteiger partial charge in [-0.1, -0.05) is 11.6 Å². The minimum atomic E-state index is -4.62. The molecule has 0 aliphatic rings. The number of amides is 1. The van der Waals surface area contributed by atoms with Crippen LogP contribution in [0.2, 0.25) is 5.02 Å². The average Bonchev–Trinajstić information content (AvgIpc) is 2.91. The minimum Gasteiger partial charge on any atom is -0.321 e. The third-order valence-corrected chi connectivity index (χ3v) is 4.22. The summed E-state index contributed by atoms with van der Waals surface area (Å²) in [6.45, 7) is 2.92. The summed E-state index contributed by atoms with van der Waals surface area (Å²) in [4.78, 5) is 28.0. The second kappa shape index (κ2) is 6.70. The van der Waals surface area contributed by atoms with E-state index in [1.165, 1.54) is 38.1 Å². The van der Waals surface area contributed by atoms with Crippen LogP contribution in [-0.4, -0.2) is 21.1 Å². The molecule has 1 aromatic carbocycles. The lowest BCUT2D eigenvalue weighted by molar-refractivity contribution is -0.137. The van der Waals surface area contributed by atoms with Crippen molar-refractivity contribution in [1.29, 1.82) is 0 Å². The Morgan fingerprint density at radius 2 is 1.81 bits per heavy atom. The standard InChI is InChI=1S/C18H13ClF3N3O2/c1-9-15(17(27)24-13-5-3-11(4-6-13)10(2)26)25-8-12(18(20,21)22)7-14(19)16(25)23-9/h3-8H,1-2H3,(H,24,27). The molecule has 0 unspecified atom stereocenters. The van der Waals surface area contributed by atoms with Gasteiger partial charge in [0, 0.05) is 17.4 Å². The van der Waals surface area contributed by atoms with E-state index >= 15 is 0 Å². The quantitative estimate of drug-likeness (QED) is 0.650. The van der Waals surface area contributed by atoms with Crippen LogP contribution >= 0.6 is 11.6 Å². The van der Waals surface area contributed by atoms with Gasteiger partial charge in [0.25, 0.3) is 5.91 Å². The topological polar surface area (TPSA) is 63.5 Å². The number of Topliss-reactive ketones (excluding diaryl/α,β-unsaturated/α-hetero) is 1. The molecule has 0 fully saturated rings. The first-order chi connectivity index (χ1) is 12.6. The number of alkyl halides is 3. The van der Waals surface area contributed by atoms with Gasteiger partial charge in [-0.05, 0) is 44.2 Å². The summed E-state index contributed by atoms with van der Waals surface area (Å²) >= 11 is 5.92. The van der Waals surface area contributed by atoms with Crippen LogP contribution in [0.3, 0.4) is 0 Å². The van der Waals surface area contributed by atoms with Crippen molar-refractivity contribution in [2.45, 2.75) is 20.0 Å². The maximum atomic E-state index is 13.1. The number of rotatable bonds is 3. The number of pyridine rings is 1. The van der Waals surface area contributed by atoms with Crippen molar-refractivity contribution in [2.24, 2.45) is 0 Å². The van der Waals surface area contributed by atoms with E-state index in [4.69, 9.17) is 11.6 Å². The number of hydrogen-bond donors (Lipinski definition) is 1. The second-order valence-corrected chi connectivity index (χ2v) is 6.31. The van der Waals surface area contributed by atoms with Gasteiger partial charge in [0.15, 0.2) is 11.4 Å². The Bertz CT molecular complexity index is 1060. The number of aromatic nitrogens is 2. The molecule has 0 saturated heterocycles. The molecule has 1 N–H and O–H groups in total. The van der Waals surface area contributed by atoms with Crippen LogP contribution in [0.1, 0.15) is 39.0 Å². The molecule has 27 heavy (non-hydrogen) atoms. The van der Waals surface area contributed by atoms with Crippen molar-refractivity contribution in [1.82, 2.24) is 9.38 Å². The molecule has 1 amide bonds. The van der Waals surface area contributed by atoms with Crippen molar-refractivity contribution < 1.29 is 22.8 Å². The van der Waals surface area contributed by atoms with E-state index in [0.717, 1.165) is 16.7 Å². The third kappa shape index (κ3) is 3.66. The number of nitrogens with zero attached hydrogens (tertiary/aromatic N) is 2. The first-order valence-corrected chi connectivity index (χ1v) is 8.13. The van der Waals surface area contributed by atoms with E-state index in [1.54, 1.807) is 0 Å². The summed E-state index contributed by atoms with van der Waals surface area (Å²) in [5.41, 5.74) is 0.0947. The zero-order valence-corrected chi connectivity index (χ0v) is 14.9. The van der Waals surface area contributed by atoms with Crippen LogP contribution in [0.15, 0.2) is 36.5 Å². The Labute approximate surface area is 156 Å². The molecule has 140 valence electrons. The molecule has 0 bridgehead atoms. The van der Waals surface area contributed by atoms with Gasteiger partial charge < -0.3 is 5.32 Å². The summed E-state index contributed by atoms with van der Waals surface area (Å²) in [5, 5.41) is 2.38. The molecule has 0 aliphatic carbocycles. The van der Waals surface area contributed by atoms with Gasteiger partial charge in [-0.2, -0.15) is 13.2 Å². The summed E-state index contributed by atoms with van der Waals surface area (Å²) in [6.07, 6.45) is -3.83. The van der Waals surface area contributed by atoms with Crippen LogP contribution < -0.4 is 5.32 Å². The number of ketones is 1. The summed E-state index contributed by atoms with van der Waals surface area (Å²) in [5.74, 6) is -0.772. The van der Waals surface area contributed by atoms with Crippen molar-refractivity contribution >= 4 is 34.6 Å². The summed E-state index contributed by atoms with van der Waals surface area (Å²) in [6, 6.07) is 6.91. The Kier molecular flexibility index (Phi) is 4.69. The molecule has 0 atom stereocenters. The summed E-state index contributed by atoms with van der Waals surface area (Å²) in [7, 11) is 0. The normalized spacial score (nSPS) is 11.6. The largest absolute Gasteiger partial charge is 0.417 e. The molecule has 5 nitrogen and oxygen atoms in total. The number of benzene rings is 1. The zero-order chi connectivity index (χ0) is 19.9. The highest BCUT2D eigenvalue weighted by Gasteiger charge is 2.33. The van der Waals surface area contributed by atoms with Crippen LogP contribution in [0, 0.1) is 6.92 Å². The van der Waals surface area contributed by atoms with Crippen LogP contribution in [0.5, 0.6) is 0 Å². The van der Waals surface area contributed by atoms with E-state index < -0.39 is 17.6 Å². The molecular formula is C18H13ClF3N3O2. The minimum absolute atomic E-state index is 0.0549. The third-order valence-electron chi connectivity index (χ3n) is 3.94. The Morgan fingerprint density at radius 1 is 1.19 bits per heavy atom. The number of nitrogens with one attached hydrogen (secondary N) is 1. The van der Waals surface area contributed by atoms with E-state index in [1.807, 2.05) is 0 Å². The molecule has 3 rings (SSSR count). The maximum Gasteiger partial charge on any atom is 0.417 e. The van der Waals surface area contributed by atoms with Gasteiger partial charge >= 0.3 is 6.18 Å². The molecule has 0 radical (unpaired) electrons. The van der Waals surface area contributed by atoms with E-state index in [2.05, 4.69) is 10.3 Å². The maximum absolute atomic E-state index is 13.1. The van der Waals surface area contributed by atoms with E-state index in [0.29, 0.717) is 11.3 Å². The molecular weight excluding hydrogens is 383 g/mol. The van der Waals surface area contributed by atoms with Crippen molar-refractivity contribution in [3.63, 3.8) is 0 Å². The number of aryl methyl sites for hydroxylation is 1. The molecule has 3 aromatic rings. The predicted octanol–water partition coefficient (Wildman–Crippen LogP) is 4.77. The number of halogens is 4. The number of carbonyl (C=O) groups excluding carboxylic acids is 2. The monoisotopic (exact) mass is 395 g/mol. The first-order valence-electron chi connectivity index (χ1n) is 7.75. The van der Waals surface area contributed by atoms with Crippen LogP contribution in [0.25, 0.3) is 5.65 Å². The fourth-order valence-corrected chi connectivity index (χ4v) is 2.88. The molecule has 2 aromatic heterocycles. The lowest BCUT2D eigenvalue weighted by atomic mass is 10.1. The first kappa shape index (κ1) is 18.9. The highest BCUT2D eigenvalue weighted by atomic mass is 35.5. The fraction of sp³-hybridized carbons (Fsp3) is 0.167. The van der Waals surface area contributed by atoms with E-state index in [-0.39, 0.29) is 27.8 Å². The fourth-order valence-electron chi connectivity index (χ4n) is 2.62. The number of hydrogen-bond acceptors (Lipinski definition) is 3. The van der Waals surface area contributed by atoms with Crippen molar-refractivity contribution in [2.75, 3.05) is 5.32 Å². The summed E-state index contributed by atoms with van der Waals surface area (Å²) < 4.78 is 40.2. The lowest BCUT2D eigenvalue weighted by Crippen LogP contribution is -2.16. The lowest BCUT2D eigenvalue weighted by Gasteiger charge is -2.10. The highest BCUT2D eigenvalue weighted by Crippen LogP contribution is 2.33. The predicted molar refractivity (Wildman–Crippen MR) is 94.3 cm³/mol. The molecule has 0 saturated carbocycles. The van der Waals surface area contributed by atoms with Gasteiger partial charge in [-0.3, -0.25) is 14.0 Å². The van der Waals surface area contributed by atoms with Gasteiger partial charge in [0.05, 0.1) is 16.3 Å². The SMILES string of the molecule is CC(=O)c1ccc(NC(=O)c2c(C)nc3c(Cl)cc(C(F)(F)F)cn23)cc1.